The SMILES string of the molecule is CN(c1nc(OC[C@@]23CCCN2C[C@H](F)C3)nc2c(F)c(-c3ccc(F)c4sc(N)c(C#N)c34)c(C(F)(F)F)cc12)C1COC1. The number of nitriles is 1. The zero-order valence-electron chi connectivity index (χ0n) is 23.8. The molecule has 45 heavy (non-hydrogen) atoms. The minimum absolute atomic E-state index is 0.00318. The van der Waals surface area contributed by atoms with Crippen molar-refractivity contribution >= 4 is 43.1 Å². The number of rotatable bonds is 6. The summed E-state index contributed by atoms with van der Waals surface area (Å²) in [6.07, 6.45) is -4.30. The number of likely N-dealkylation sites (N-methyl/N-ethyl adjacent to an activating group) is 1. The Morgan fingerprint density at radius 2 is 2.04 bits per heavy atom. The van der Waals surface area contributed by atoms with E-state index in [1.807, 2.05) is 11.0 Å². The maximum atomic E-state index is 16.8. The van der Waals surface area contributed by atoms with Crippen molar-refractivity contribution in [3.63, 3.8) is 0 Å². The summed E-state index contributed by atoms with van der Waals surface area (Å²) in [5.74, 6) is -2.16. The molecule has 2 aromatic heterocycles. The molecule has 0 spiro atoms. The number of nitrogen functional groups attached to an aromatic ring is 1. The Bertz CT molecular complexity index is 1890. The van der Waals surface area contributed by atoms with E-state index in [0.717, 1.165) is 24.6 Å². The molecule has 236 valence electrons. The number of nitrogens with zero attached hydrogens (tertiary/aromatic N) is 5. The molecule has 0 bridgehead atoms. The number of aromatic nitrogens is 2. The van der Waals surface area contributed by atoms with Gasteiger partial charge in [-0.2, -0.15) is 28.4 Å². The van der Waals surface area contributed by atoms with Crippen LogP contribution in [0, 0.1) is 23.0 Å². The minimum Gasteiger partial charge on any atom is -0.461 e. The lowest BCUT2D eigenvalue weighted by Crippen LogP contribution is -2.47. The first kappa shape index (κ1) is 29.8. The summed E-state index contributed by atoms with van der Waals surface area (Å²) < 4.78 is 101. The van der Waals surface area contributed by atoms with Crippen molar-refractivity contribution in [1.82, 2.24) is 14.9 Å². The van der Waals surface area contributed by atoms with Crippen molar-refractivity contribution < 1.29 is 35.8 Å². The average molecular weight is 649 g/mol. The molecule has 4 aromatic rings. The summed E-state index contributed by atoms with van der Waals surface area (Å²) in [5, 5.41) is 9.19. The maximum Gasteiger partial charge on any atom is 0.417 e. The summed E-state index contributed by atoms with van der Waals surface area (Å²) in [6.45, 7) is 1.57. The molecule has 2 N–H and O–H groups in total. The van der Waals surface area contributed by atoms with Crippen molar-refractivity contribution in [2.24, 2.45) is 0 Å². The number of anilines is 2. The second kappa shape index (κ2) is 10.6. The van der Waals surface area contributed by atoms with Crippen molar-refractivity contribution in [2.75, 3.05) is 50.6 Å². The van der Waals surface area contributed by atoms with Crippen LogP contribution < -0.4 is 15.4 Å². The Balaban J connectivity index is 1.45. The van der Waals surface area contributed by atoms with Crippen LogP contribution in [0.15, 0.2) is 18.2 Å². The summed E-state index contributed by atoms with van der Waals surface area (Å²) in [5.41, 5.74) is 2.01. The van der Waals surface area contributed by atoms with Gasteiger partial charge in [0.05, 0.1) is 40.6 Å². The zero-order chi connectivity index (χ0) is 31.8. The van der Waals surface area contributed by atoms with Gasteiger partial charge in [0.1, 0.15) is 41.0 Å². The Labute approximate surface area is 256 Å². The van der Waals surface area contributed by atoms with Crippen LogP contribution in [0.25, 0.3) is 32.1 Å². The number of benzene rings is 2. The topological polar surface area (TPSA) is 101 Å². The number of halogens is 6. The van der Waals surface area contributed by atoms with Crippen LogP contribution in [0.1, 0.15) is 30.4 Å². The average Bonchev–Trinajstić information content (AvgIpc) is 3.60. The number of fused-ring (bicyclic) bond motifs is 3. The standard InChI is InChI=1S/C30H26F6N6O2S/c1-41(15-11-43-12-15)27-17-7-19(30(34,35)36)22(16-3-4-20(32)25-21(16)18(9-37)26(38)45-25)23(33)24(17)39-28(40-27)44-13-29-5-2-6-42(29)10-14(31)8-29/h3-4,7,14-15H,2,5-6,8,10-13,38H2,1H3/t14-,29+/m1/s1. The molecule has 0 unspecified atom stereocenters. The van der Waals surface area contributed by atoms with Crippen LogP contribution in [0.3, 0.4) is 0 Å². The fourth-order valence-corrected chi connectivity index (χ4v) is 7.74. The van der Waals surface area contributed by atoms with Crippen LogP contribution in [0.4, 0.5) is 37.2 Å². The van der Waals surface area contributed by atoms with E-state index in [9.17, 15) is 27.2 Å². The van der Waals surface area contributed by atoms with Crippen LogP contribution >= 0.6 is 11.3 Å². The van der Waals surface area contributed by atoms with E-state index in [1.165, 1.54) is 0 Å². The van der Waals surface area contributed by atoms with Crippen LogP contribution in [-0.2, 0) is 10.9 Å². The highest BCUT2D eigenvalue weighted by Gasteiger charge is 2.49. The van der Waals surface area contributed by atoms with E-state index in [0.29, 0.717) is 24.3 Å². The Kier molecular flexibility index (Phi) is 7.03. The maximum absolute atomic E-state index is 16.8. The predicted octanol–water partition coefficient (Wildman–Crippen LogP) is 6.05. The van der Waals surface area contributed by atoms with E-state index < -0.39 is 46.2 Å². The first-order valence-corrected chi connectivity index (χ1v) is 15.1. The van der Waals surface area contributed by atoms with E-state index in [1.54, 1.807) is 11.9 Å². The molecular weight excluding hydrogens is 622 g/mol. The molecule has 5 heterocycles. The predicted molar refractivity (Wildman–Crippen MR) is 156 cm³/mol. The first-order chi connectivity index (χ1) is 21.4. The smallest absolute Gasteiger partial charge is 0.417 e. The third kappa shape index (κ3) is 4.72. The number of ether oxygens (including phenoxy) is 2. The van der Waals surface area contributed by atoms with Crippen molar-refractivity contribution in [3.8, 4) is 23.2 Å². The third-order valence-electron chi connectivity index (χ3n) is 9.13. The number of alkyl halides is 4. The molecule has 0 saturated carbocycles. The number of nitrogens with two attached hydrogens (primary N) is 1. The Morgan fingerprint density at radius 1 is 1.27 bits per heavy atom. The first-order valence-electron chi connectivity index (χ1n) is 14.3. The highest BCUT2D eigenvalue weighted by Crippen LogP contribution is 2.48. The van der Waals surface area contributed by atoms with E-state index in [-0.39, 0.29) is 82.3 Å². The summed E-state index contributed by atoms with van der Waals surface area (Å²) in [7, 11) is 1.61. The van der Waals surface area contributed by atoms with Gasteiger partial charge in [-0.05, 0) is 37.1 Å². The molecule has 7 rings (SSSR count). The van der Waals surface area contributed by atoms with E-state index >= 15 is 4.39 Å². The molecular formula is C30H26F6N6O2S. The Hall–Kier alpha value is -3.87. The van der Waals surface area contributed by atoms with Crippen LogP contribution in [0.2, 0.25) is 0 Å². The molecule has 15 heteroatoms. The monoisotopic (exact) mass is 648 g/mol. The van der Waals surface area contributed by atoms with Gasteiger partial charge in [-0.25, -0.2) is 13.2 Å². The molecule has 0 aliphatic carbocycles. The van der Waals surface area contributed by atoms with Gasteiger partial charge in [0.2, 0.25) is 0 Å². The van der Waals surface area contributed by atoms with E-state index in [4.69, 9.17) is 15.2 Å². The molecule has 0 amide bonds. The minimum atomic E-state index is -5.07. The lowest BCUT2D eigenvalue weighted by Gasteiger charge is -2.36. The second-order valence-corrected chi connectivity index (χ2v) is 12.8. The zero-order valence-corrected chi connectivity index (χ0v) is 24.7. The fourth-order valence-electron chi connectivity index (χ4n) is 6.79. The van der Waals surface area contributed by atoms with Gasteiger partial charge >= 0.3 is 12.2 Å². The molecule has 2 aromatic carbocycles. The molecule has 3 fully saturated rings. The van der Waals surface area contributed by atoms with Gasteiger partial charge in [-0.15, -0.1) is 11.3 Å². The Morgan fingerprint density at radius 3 is 2.73 bits per heavy atom. The normalized spacial score (nSPS) is 22.1. The summed E-state index contributed by atoms with van der Waals surface area (Å²) in [6, 6.07) is 3.97. The second-order valence-electron chi connectivity index (χ2n) is 11.8. The van der Waals surface area contributed by atoms with Gasteiger partial charge in [0.15, 0.2) is 5.82 Å². The lowest BCUT2D eigenvalue weighted by molar-refractivity contribution is -0.137. The molecule has 3 saturated heterocycles. The summed E-state index contributed by atoms with van der Waals surface area (Å²) >= 11 is 0.690. The molecule has 3 aliphatic rings. The fraction of sp³-hybridized carbons (Fsp3) is 0.433. The van der Waals surface area contributed by atoms with Gasteiger partial charge in [0.25, 0.3) is 0 Å². The summed E-state index contributed by atoms with van der Waals surface area (Å²) in [4.78, 5) is 12.3. The third-order valence-corrected chi connectivity index (χ3v) is 10.2. The highest BCUT2D eigenvalue weighted by atomic mass is 32.1. The van der Waals surface area contributed by atoms with Crippen molar-refractivity contribution in [2.45, 2.75) is 43.2 Å². The number of hydrogen-bond donors (Lipinski definition) is 1. The van der Waals surface area contributed by atoms with Gasteiger partial charge in [-0.3, -0.25) is 4.90 Å². The van der Waals surface area contributed by atoms with Crippen LogP contribution in [-0.4, -0.2) is 72.6 Å². The van der Waals surface area contributed by atoms with Crippen molar-refractivity contribution in [3.05, 3.63) is 41.0 Å². The highest BCUT2D eigenvalue weighted by molar-refractivity contribution is 7.23. The molecule has 0 radical (unpaired) electrons. The van der Waals surface area contributed by atoms with Gasteiger partial charge < -0.3 is 20.1 Å². The quantitative estimate of drug-likeness (QED) is 0.252. The largest absolute Gasteiger partial charge is 0.461 e. The molecule has 8 nitrogen and oxygen atoms in total. The van der Waals surface area contributed by atoms with Gasteiger partial charge in [-0.1, -0.05) is 6.07 Å². The van der Waals surface area contributed by atoms with Gasteiger partial charge in [0, 0.05) is 36.3 Å². The number of hydrogen-bond acceptors (Lipinski definition) is 9. The number of thiophene rings is 1. The molecule has 2 atom stereocenters. The molecule has 3 aliphatic heterocycles. The van der Waals surface area contributed by atoms with Crippen molar-refractivity contribution in [1.29, 1.82) is 5.26 Å². The van der Waals surface area contributed by atoms with Crippen LogP contribution in [0.5, 0.6) is 6.01 Å². The lowest BCUT2D eigenvalue weighted by atomic mass is 9.92. The van der Waals surface area contributed by atoms with E-state index in [2.05, 4.69) is 9.97 Å².